The molecule has 2 N–H and O–H groups in total. The van der Waals surface area contributed by atoms with Crippen molar-refractivity contribution in [2.24, 2.45) is 5.92 Å². The summed E-state index contributed by atoms with van der Waals surface area (Å²) in [6, 6.07) is 10.1. The topological polar surface area (TPSA) is 67.0 Å². The summed E-state index contributed by atoms with van der Waals surface area (Å²) < 4.78 is 5.43. The highest BCUT2D eigenvalue weighted by molar-refractivity contribution is 5.93. The van der Waals surface area contributed by atoms with Crippen molar-refractivity contribution in [1.29, 1.82) is 0 Å². The number of hydrogen-bond acceptors (Lipinski definition) is 3. The normalized spacial score (nSPS) is 17.9. The molecule has 1 aromatic heterocycles. The van der Waals surface area contributed by atoms with Crippen LogP contribution in [-0.4, -0.2) is 35.9 Å². The zero-order valence-corrected chi connectivity index (χ0v) is 13.5. The van der Waals surface area contributed by atoms with Gasteiger partial charge in [-0.1, -0.05) is 31.2 Å². The van der Waals surface area contributed by atoms with Gasteiger partial charge in [0.05, 0.1) is 12.3 Å². The Morgan fingerprint density at radius 2 is 2.22 bits per heavy atom. The Hall–Kier alpha value is -2.14. The summed E-state index contributed by atoms with van der Waals surface area (Å²) in [5.41, 5.74) is 3.59. The molecule has 122 valence electrons. The molecule has 2 aromatic rings. The number of H-pyrrole nitrogens is 1. The van der Waals surface area contributed by atoms with Gasteiger partial charge in [-0.2, -0.15) is 5.10 Å². The van der Waals surface area contributed by atoms with Gasteiger partial charge in [0.15, 0.2) is 0 Å². The van der Waals surface area contributed by atoms with Gasteiger partial charge in [-0.05, 0) is 36.8 Å². The number of carbonyl (C=O) groups excluding carboxylic acids is 1. The van der Waals surface area contributed by atoms with Crippen molar-refractivity contribution >= 4 is 5.91 Å². The monoisotopic (exact) mass is 313 g/mol. The number of aromatic amines is 1. The van der Waals surface area contributed by atoms with Crippen LogP contribution in [0.3, 0.4) is 0 Å². The first-order chi connectivity index (χ1) is 11.3. The molecule has 0 saturated carbocycles. The fourth-order valence-electron chi connectivity index (χ4n) is 2.80. The first kappa shape index (κ1) is 15.7. The van der Waals surface area contributed by atoms with Crippen molar-refractivity contribution in [3.05, 3.63) is 41.6 Å². The highest BCUT2D eigenvalue weighted by Gasteiger charge is 2.16. The summed E-state index contributed by atoms with van der Waals surface area (Å²) in [5, 5.41) is 10.0. The van der Waals surface area contributed by atoms with E-state index < -0.39 is 0 Å². The zero-order chi connectivity index (χ0) is 16.1. The molecule has 5 nitrogen and oxygen atoms in total. The van der Waals surface area contributed by atoms with Crippen LogP contribution in [-0.2, 0) is 11.2 Å². The van der Waals surface area contributed by atoms with Gasteiger partial charge in [-0.25, -0.2) is 0 Å². The molecule has 1 aliphatic rings. The van der Waals surface area contributed by atoms with E-state index in [2.05, 4.69) is 34.6 Å². The van der Waals surface area contributed by atoms with E-state index in [-0.39, 0.29) is 5.91 Å². The first-order valence-electron chi connectivity index (χ1n) is 8.27. The van der Waals surface area contributed by atoms with Crippen molar-refractivity contribution in [3.63, 3.8) is 0 Å². The molecule has 0 spiro atoms. The van der Waals surface area contributed by atoms with E-state index in [0.29, 0.717) is 18.2 Å². The van der Waals surface area contributed by atoms with Crippen LogP contribution in [0.2, 0.25) is 0 Å². The second-order valence-electron chi connectivity index (χ2n) is 6.01. The number of aryl methyl sites for hydroxylation is 1. The van der Waals surface area contributed by atoms with E-state index in [1.807, 2.05) is 12.1 Å². The van der Waals surface area contributed by atoms with Gasteiger partial charge in [0.25, 0.3) is 5.91 Å². The van der Waals surface area contributed by atoms with Crippen molar-refractivity contribution in [1.82, 2.24) is 15.5 Å². The summed E-state index contributed by atoms with van der Waals surface area (Å²) >= 11 is 0. The highest BCUT2D eigenvalue weighted by Crippen LogP contribution is 2.19. The van der Waals surface area contributed by atoms with Crippen LogP contribution in [0.25, 0.3) is 11.3 Å². The lowest BCUT2D eigenvalue weighted by atomic mass is 10.0. The van der Waals surface area contributed by atoms with E-state index in [1.165, 1.54) is 5.56 Å². The number of nitrogens with one attached hydrogen (secondary N) is 2. The minimum absolute atomic E-state index is 0.112. The van der Waals surface area contributed by atoms with Crippen LogP contribution in [0.4, 0.5) is 0 Å². The van der Waals surface area contributed by atoms with Gasteiger partial charge in [0.2, 0.25) is 0 Å². The summed E-state index contributed by atoms with van der Waals surface area (Å²) in [6.45, 7) is 4.35. The Kier molecular flexibility index (Phi) is 5.08. The highest BCUT2D eigenvalue weighted by atomic mass is 16.5. The minimum Gasteiger partial charge on any atom is -0.381 e. The average Bonchev–Trinajstić information content (AvgIpc) is 3.11. The Morgan fingerprint density at radius 3 is 2.91 bits per heavy atom. The quantitative estimate of drug-likeness (QED) is 0.892. The third kappa shape index (κ3) is 3.99. The molecule has 0 radical (unpaired) electrons. The SMILES string of the molecule is CCc1ccc(-c2cc(C(=O)NC[C@@H]3CCCOC3)[nH]n2)cc1. The number of amides is 1. The molecule has 1 saturated heterocycles. The summed E-state index contributed by atoms with van der Waals surface area (Å²) in [7, 11) is 0. The maximum absolute atomic E-state index is 12.2. The van der Waals surface area contributed by atoms with E-state index in [1.54, 1.807) is 6.07 Å². The number of aromatic nitrogens is 2. The minimum atomic E-state index is -0.112. The van der Waals surface area contributed by atoms with Gasteiger partial charge in [0.1, 0.15) is 5.69 Å². The molecule has 1 fully saturated rings. The second kappa shape index (κ2) is 7.42. The number of benzene rings is 1. The van der Waals surface area contributed by atoms with Crippen LogP contribution >= 0.6 is 0 Å². The van der Waals surface area contributed by atoms with Crippen LogP contribution in [0, 0.1) is 5.92 Å². The lowest BCUT2D eigenvalue weighted by Crippen LogP contribution is -2.33. The molecule has 23 heavy (non-hydrogen) atoms. The molecule has 2 heterocycles. The molecule has 0 aliphatic carbocycles. The van der Waals surface area contributed by atoms with E-state index in [0.717, 1.165) is 43.7 Å². The van der Waals surface area contributed by atoms with E-state index >= 15 is 0 Å². The standard InChI is InChI=1S/C18H23N3O2/c1-2-13-5-7-15(8-6-13)16-10-17(21-20-16)18(22)19-11-14-4-3-9-23-12-14/h5-8,10,14H,2-4,9,11-12H2,1H3,(H,19,22)(H,20,21)/t14-/m0/s1. The van der Waals surface area contributed by atoms with Crippen molar-refractivity contribution in [2.75, 3.05) is 19.8 Å². The average molecular weight is 313 g/mol. The number of ether oxygens (including phenoxy) is 1. The largest absolute Gasteiger partial charge is 0.381 e. The molecular weight excluding hydrogens is 290 g/mol. The van der Waals surface area contributed by atoms with Gasteiger partial charge in [-0.15, -0.1) is 0 Å². The van der Waals surface area contributed by atoms with E-state index in [4.69, 9.17) is 4.74 Å². The third-order valence-electron chi connectivity index (χ3n) is 4.29. The van der Waals surface area contributed by atoms with Gasteiger partial charge < -0.3 is 10.1 Å². The summed E-state index contributed by atoms with van der Waals surface area (Å²) in [4.78, 5) is 12.2. The molecular formula is C18H23N3O2. The maximum atomic E-state index is 12.2. The Morgan fingerprint density at radius 1 is 1.39 bits per heavy atom. The lowest BCUT2D eigenvalue weighted by molar-refractivity contribution is 0.0535. The molecule has 5 heteroatoms. The number of hydrogen-bond donors (Lipinski definition) is 2. The Balaban J connectivity index is 1.60. The third-order valence-corrected chi connectivity index (χ3v) is 4.29. The second-order valence-corrected chi connectivity index (χ2v) is 6.01. The summed E-state index contributed by atoms with van der Waals surface area (Å²) in [6.07, 6.45) is 3.19. The Bertz CT molecular complexity index is 643. The molecule has 1 atom stereocenters. The van der Waals surface area contributed by atoms with Crippen molar-refractivity contribution in [3.8, 4) is 11.3 Å². The van der Waals surface area contributed by atoms with Crippen molar-refractivity contribution in [2.45, 2.75) is 26.2 Å². The molecule has 3 rings (SSSR count). The fraction of sp³-hybridized carbons (Fsp3) is 0.444. The molecule has 1 amide bonds. The lowest BCUT2D eigenvalue weighted by Gasteiger charge is -2.21. The smallest absolute Gasteiger partial charge is 0.269 e. The molecule has 1 aliphatic heterocycles. The molecule has 0 unspecified atom stereocenters. The maximum Gasteiger partial charge on any atom is 0.269 e. The van der Waals surface area contributed by atoms with E-state index in [9.17, 15) is 4.79 Å². The predicted molar refractivity (Wildman–Crippen MR) is 89.3 cm³/mol. The molecule has 1 aromatic carbocycles. The van der Waals surface area contributed by atoms with Crippen LogP contribution in [0.5, 0.6) is 0 Å². The van der Waals surface area contributed by atoms with Crippen LogP contribution < -0.4 is 5.32 Å². The van der Waals surface area contributed by atoms with Crippen LogP contribution in [0.1, 0.15) is 35.8 Å². The predicted octanol–water partition coefficient (Wildman–Crippen LogP) is 2.80. The first-order valence-corrected chi connectivity index (χ1v) is 8.27. The summed E-state index contributed by atoms with van der Waals surface area (Å²) in [5.74, 6) is 0.302. The number of nitrogens with zero attached hydrogens (tertiary/aromatic N) is 1. The van der Waals surface area contributed by atoms with Gasteiger partial charge in [0, 0.05) is 18.7 Å². The van der Waals surface area contributed by atoms with Gasteiger partial charge >= 0.3 is 0 Å². The Labute approximate surface area is 136 Å². The van der Waals surface area contributed by atoms with Crippen molar-refractivity contribution < 1.29 is 9.53 Å². The number of rotatable bonds is 5. The van der Waals surface area contributed by atoms with Crippen LogP contribution in [0.15, 0.2) is 30.3 Å². The number of carbonyl (C=O) groups is 1. The van der Waals surface area contributed by atoms with Gasteiger partial charge in [-0.3, -0.25) is 9.89 Å². The molecule has 0 bridgehead atoms. The fourth-order valence-corrected chi connectivity index (χ4v) is 2.80. The zero-order valence-electron chi connectivity index (χ0n) is 13.5.